The molecule has 19 heavy (non-hydrogen) atoms. The summed E-state index contributed by atoms with van der Waals surface area (Å²) in [4.78, 5) is 13.0. The van der Waals surface area contributed by atoms with E-state index in [-0.39, 0.29) is 36.6 Å². The summed E-state index contributed by atoms with van der Waals surface area (Å²) in [7, 11) is 0. The number of thioether (sulfide) groups is 1. The zero-order valence-corrected chi connectivity index (χ0v) is 10.6. The van der Waals surface area contributed by atoms with Gasteiger partial charge in [-0.2, -0.15) is 13.2 Å². The number of carbonyl (C=O) groups is 1. The lowest BCUT2D eigenvalue weighted by molar-refractivity contribution is -0.121. The molecule has 0 unspecified atom stereocenters. The van der Waals surface area contributed by atoms with Gasteiger partial charge < -0.3 is 15.4 Å². The fourth-order valence-electron chi connectivity index (χ4n) is 1.72. The van der Waals surface area contributed by atoms with Gasteiger partial charge in [-0.15, -0.1) is 0 Å². The van der Waals surface area contributed by atoms with Crippen LogP contribution in [0.3, 0.4) is 0 Å². The van der Waals surface area contributed by atoms with Crippen LogP contribution in [-0.4, -0.2) is 30.3 Å². The molecule has 1 amide bonds. The topological polar surface area (TPSA) is 55.6 Å². The zero-order chi connectivity index (χ0) is 14.0. The van der Waals surface area contributed by atoms with Gasteiger partial charge in [-0.05, 0) is 30.0 Å². The first kappa shape index (κ1) is 13.9. The second kappa shape index (κ2) is 5.20. The number of amides is 1. The molecule has 0 bridgehead atoms. The molecule has 1 heterocycles. The lowest BCUT2D eigenvalue weighted by Crippen LogP contribution is -2.40. The van der Waals surface area contributed by atoms with E-state index in [1.807, 2.05) is 0 Å². The van der Waals surface area contributed by atoms with Crippen LogP contribution in [0.5, 0.6) is 5.75 Å². The molecule has 0 fully saturated rings. The molecule has 8 heteroatoms. The second-order valence-corrected chi connectivity index (χ2v) is 5.02. The highest BCUT2D eigenvalue weighted by molar-refractivity contribution is 8.00. The molecule has 4 nitrogen and oxygen atoms in total. The fourth-order valence-corrected chi connectivity index (χ4v) is 2.22. The summed E-state index contributed by atoms with van der Waals surface area (Å²) in [6, 6.07) is 4.73. The summed E-state index contributed by atoms with van der Waals surface area (Å²) in [5.74, 6) is -0.157. The van der Waals surface area contributed by atoms with E-state index in [9.17, 15) is 18.0 Å². The molecule has 1 aliphatic rings. The maximum absolute atomic E-state index is 12.1. The summed E-state index contributed by atoms with van der Waals surface area (Å²) in [6.07, 6.45) is 0. The molecule has 2 rings (SSSR count). The standard InChI is InChI=1S/C11H11F3N2O2S/c12-11(13,14)19-4-3-16-8-5-7(15)1-2-9(8)18-6-10(16)17/h1-2,5H,3-4,6,15H2. The highest BCUT2D eigenvalue weighted by atomic mass is 32.2. The van der Waals surface area contributed by atoms with Crippen LogP contribution >= 0.6 is 11.8 Å². The number of hydrogen-bond donors (Lipinski definition) is 1. The molecule has 0 aromatic heterocycles. The number of nitrogens with two attached hydrogens (primary N) is 1. The smallest absolute Gasteiger partial charge is 0.441 e. The van der Waals surface area contributed by atoms with Crippen molar-refractivity contribution >= 4 is 29.0 Å². The summed E-state index contributed by atoms with van der Waals surface area (Å²) in [6.45, 7) is -0.212. The Balaban J connectivity index is 2.12. The Morgan fingerprint density at radius 3 is 2.84 bits per heavy atom. The predicted octanol–water partition coefficient (Wildman–Crippen LogP) is 2.25. The van der Waals surface area contributed by atoms with Gasteiger partial charge in [-0.25, -0.2) is 0 Å². The Bertz CT molecular complexity index is 493. The molecule has 104 valence electrons. The molecule has 0 spiro atoms. The van der Waals surface area contributed by atoms with Gasteiger partial charge in [-0.3, -0.25) is 4.79 Å². The molecule has 1 aromatic carbocycles. The van der Waals surface area contributed by atoms with Crippen LogP contribution in [0, 0.1) is 0 Å². The van der Waals surface area contributed by atoms with Gasteiger partial charge in [0.25, 0.3) is 5.91 Å². The highest BCUT2D eigenvalue weighted by Crippen LogP contribution is 2.35. The van der Waals surface area contributed by atoms with Crippen LogP contribution in [0.25, 0.3) is 0 Å². The molecule has 0 atom stereocenters. The van der Waals surface area contributed by atoms with Gasteiger partial charge in [0.15, 0.2) is 6.61 Å². The largest absolute Gasteiger partial charge is 0.482 e. The summed E-state index contributed by atoms with van der Waals surface area (Å²) in [5, 5.41) is 0. The molecule has 0 saturated carbocycles. The number of rotatable bonds is 3. The van der Waals surface area contributed by atoms with Crippen LogP contribution in [0.4, 0.5) is 24.5 Å². The minimum absolute atomic E-state index is 0.0389. The van der Waals surface area contributed by atoms with E-state index in [0.717, 1.165) is 0 Å². The lowest BCUT2D eigenvalue weighted by atomic mass is 10.2. The third-order valence-corrected chi connectivity index (χ3v) is 3.22. The van der Waals surface area contributed by atoms with E-state index in [0.29, 0.717) is 17.1 Å². The number of fused-ring (bicyclic) bond motifs is 1. The number of halogens is 3. The number of nitrogen functional groups attached to an aromatic ring is 1. The quantitative estimate of drug-likeness (QED) is 0.868. The first-order valence-corrected chi connectivity index (χ1v) is 6.39. The van der Waals surface area contributed by atoms with Crippen molar-refractivity contribution in [2.24, 2.45) is 0 Å². The van der Waals surface area contributed by atoms with Crippen LogP contribution < -0.4 is 15.4 Å². The van der Waals surface area contributed by atoms with Crippen molar-refractivity contribution in [3.63, 3.8) is 0 Å². The van der Waals surface area contributed by atoms with Crippen LogP contribution in [0.2, 0.25) is 0 Å². The van der Waals surface area contributed by atoms with Crippen molar-refractivity contribution in [3.8, 4) is 5.75 Å². The fraction of sp³-hybridized carbons (Fsp3) is 0.364. The molecular weight excluding hydrogens is 281 g/mol. The van der Waals surface area contributed by atoms with E-state index in [1.165, 1.54) is 11.0 Å². The predicted molar refractivity (Wildman–Crippen MR) is 67.2 cm³/mol. The Hall–Kier alpha value is -1.57. The molecule has 0 saturated heterocycles. The van der Waals surface area contributed by atoms with Crippen LogP contribution in [-0.2, 0) is 4.79 Å². The number of nitrogens with zero attached hydrogens (tertiary/aromatic N) is 1. The van der Waals surface area contributed by atoms with Gasteiger partial charge in [0.05, 0.1) is 5.69 Å². The van der Waals surface area contributed by atoms with Crippen molar-refractivity contribution in [3.05, 3.63) is 18.2 Å². The van der Waals surface area contributed by atoms with E-state index in [4.69, 9.17) is 10.5 Å². The molecule has 1 aliphatic heterocycles. The highest BCUT2D eigenvalue weighted by Gasteiger charge is 2.30. The number of alkyl halides is 3. The van der Waals surface area contributed by atoms with Gasteiger partial charge >= 0.3 is 5.51 Å². The molecular formula is C11H11F3N2O2S. The Morgan fingerprint density at radius 2 is 2.16 bits per heavy atom. The Labute approximate surface area is 111 Å². The Kier molecular flexibility index (Phi) is 3.79. The van der Waals surface area contributed by atoms with E-state index in [2.05, 4.69) is 0 Å². The first-order valence-electron chi connectivity index (χ1n) is 5.40. The van der Waals surface area contributed by atoms with Crippen molar-refractivity contribution in [1.29, 1.82) is 0 Å². The van der Waals surface area contributed by atoms with Crippen molar-refractivity contribution in [1.82, 2.24) is 0 Å². The SMILES string of the molecule is Nc1ccc2c(c1)N(CCSC(F)(F)F)C(=O)CO2. The summed E-state index contributed by atoms with van der Waals surface area (Å²) in [5.41, 5.74) is 2.15. The average Bonchev–Trinajstić information content (AvgIpc) is 2.30. The van der Waals surface area contributed by atoms with Gasteiger partial charge in [-0.1, -0.05) is 0 Å². The lowest BCUT2D eigenvalue weighted by Gasteiger charge is -2.29. The van der Waals surface area contributed by atoms with E-state index >= 15 is 0 Å². The van der Waals surface area contributed by atoms with Crippen molar-refractivity contribution in [2.75, 3.05) is 29.5 Å². The van der Waals surface area contributed by atoms with Crippen LogP contribution in [0.15, 0.2) is 18.2 Å². The summed E-state index contributed by atoms with van der Waals surface area (Å²) < 4.78 is 41.4. The molecule has 0 radical (unpaired) electrons. The third kappa shape index (κ3) is 3.46. The third-order valence-electron chi connectivity index (χ3n) is 2.51. The normalized spacial score (nSPS) is 15.1. The molecule has 2 N–H and O–H groups in total. The van der Waals surface area contributed by atoms with Gasteiger partial charge in [0, 0.05) is 18.0 Å². The number of hydrogen-bond acceptors (Lipinski definition) is 4. The number of benzene rings is 1. The monoisotopic (exact) mass is 292 g/mol. The minimum Gasteiger partial charge on any atom is -0.482 e. The van der Waals surface area contributed by atoms with E-state index < -0.39 is 5.51 Å². The zero-order valence-electron chi connectivity index (χ0n) is 9.74. The maximum atomic E-state index is 12.1. The number of ether oxygens (including phenoxy) is 1. The van der Waals surface area contributed by atoms with Crippen molar-refractivity contribution in [2.45, 2.75) is 5.51 Å². The Morgan fingerprint density at radius 1 is 1.42 bits per heavy atom. The summed E-state index contributed by atoms with van der Waals surface area (Å²) >= 11 is -0.158. The minimum atomic E-state index is -4.30. The van der Waals surface area contributed by atoms with E-state index in [1.54, 1.807) is 12.1 Å². The molecule has 0 aliphatic carbocycles. The van der Waals surface area contributed by atoms with Gasteiger partial charge in [0.1, 0.15) is 5.75 Å². The number of carbonyl (C=O) groups excluding carboxylic acids is 1. The van der Waals surface area contributed by atoms with Crippen LogP contribution in [0.1, 0.15) is 0 Å². The molecule has 1 aromatic rings. The average molecular weight is 292 g/mol. The first-order chi connectivity index (χ1) is 8.87. The van der Waals surface area contributed by atoms with Crippen molar-refractivity contribution < 1.29 is 22.7 Å². The second-order valence-electron chi connectivity index (χ2n) is 3.86. The maximum Gasteiger partial charge on any atom is 0.441 e. The van der Waals surface area contributed by atoms with Gasteiger partial charge in [0.2, 0.25) is 0 Å². The number of anilines is 2.